The highest BCUT2D eigenvalue weighted by molar-refractivity contribution is 6.06. The number of carbonyl (C=O) groups excluding carboxylic acids is 1. The first-order valence-electron chi connectivity index (χ1n) is 6.65. The van der Waals surface area contributed by atoms with E-state index in [1.807, 2.05) is 56.9 Å². The molecule has 2 aromatic rings. The molecule has 0 radical (unpaired) electrons. The zero-order valence-corrected chi connectivity index (χ0v) is 12.1. The van der Waals surface area contributed by atoms with Crippen LogP contribution in [0.4, 0.5) is 0 Å². The SMILES string of the molecule is CC(C)C(=O)c1nn(CCN(C)C)c2ccccc12. The highest BCUT2D eigenvalue weighted by atomic mass is 16.1. The topological polar surface area (TPSA) is 38.1 Å². The number of likely N-dealkylation sites (N-methyl/N-ethyl adjacent to an activating group) is 1. The van der Waals surface area contributed by atoms with E-state index in [0.717, 1.165) is 24.0 Å². The van der Waals surface area contributed by atoms with Crippen molar-refractivity contribution in [2.24, 2.45) is 5.92 Å². The Morgan fingerprint density at radius 3 is 2.63 bits per heavy atom. The molecule has 0 spiro atoms. The molecule has 4 heteroatoms. The second-order valence-corrected chi connectivity index (χ2v) is 5.41. The molecule has 2 rings (SSSR count). The molecule has 0 fully saturated rings. The van der Waals surface area contributed by atoms with Crippen molar-refractivity contribution < 1.29 is 4.79 Å². The van der Waals surface area contributed by atoms with Gasteiger partial charge in [0.1, 0.15) is 5.69 Å². The average Bonchev–Trinajstić information content (AvgIpc) is 2.74. The zero-order chi connectivity index (χ0) is 14.0. The summed E-state index contributed by atoms with van der Waals surface area (Å²) >= 11 is 0. The second kappa shape index (κ2) is 5.53. The summed E-state index contributed by atoms with van der Waals surface area (Å²) in [5, 5.41) is 5.48. The van der Waals surface area contributed by atoms with Crippen LogP contribution in [0.2, 0.25) is 0 Å². The molecule has 1 aromatic carbocycles. The lowest BCUT2D eigenvalue weighted by Gasteiger charge is -2.09. The number of rotatable bonds is 5. The Morgan fingerprint density at radius 2 is 2.00 bits per heavy atom. The minimum atomic E-state index is -0.0272. The standard InChI is InChI=1S/C15H21N3O/c1-11(2)15(19)14-12-7-5-6-8-13(12)18(16-14)10-9-17(3)4/h5-8,11H,9-10H2,1-4H3. The largest absolute Gasteiger partial charge is 0.308 e. The van der Waals surface area contributed by atoms with Crippen molar-refractivity contribution in [3.63, 3.8) is 0 Å². The Balaban J connectivity index is 2.45. The van der Waals surface area contributed by atoms with Gasteiger partial charge in [0.05, 0.1) is 12.1 Å². The van der Waals surface area contributed by atoms with E-state index < -0.39 is 0 Å². The number of carbonyl (C=O) groups is 1. The summed E-state index contributed by atoms with van der Waals surface area (Å²) in [5.41, 5.74) is 1.64. The van der Waals surface area contributed by atoms with Crippen molar-refractivity contribution in [1.29, 1.82) is 0 Å². The van der Waals surface area contributed by atoms with Gasteiger partial charge in [-0.25, -0.2) is 0 Å². The Morgan fingerprint density at radius 1 is 1.32 bits per heavy atom. The number of hydrogen-bond donors (Lipinski definition) is 0. The number of fused-ring (bicyclic) bond motifs is 1. The molecule has 0 aliphatic carbocycles. The maximum Gasteiger partial charge on any atom is 0.186 e. The van der Waals surface area contributed by atoms with Gasteiger partial charge in [-0.2, -0.15) is 5.10 Å². The van der Waals surface area contributed by atoms with Crippen molar-refractivity contribution in [2.75, 3.05) is 20.6 Å². The number of Topliss-reactive ketones (excluding diaryl/α,β-unsaturated/α-hetero) is 1. The molecule has 1 heterocycles. The van der Waals surface area contributed by atoms with Crippen LogP contribution >= 0.6 is 0 Å². The van der Waals surface area contributed by atoms with E-state index in [1.165, 1.54) is 0 Å². The van der Waals surface area contributed by atoms with Crippen LogP contribution in [0.25, 0.3) is 10.9 Å². The van der Waals surface area contributed by atoms with Gasteiger partial charge in [-0.05, 0) is 20.2 Å². The van der Waals surface area contributed by atoms with Crippen molar-refractivity contribution in [3.8, 4) is 0 Å². The lowest BCUT2D eigenvalue weighted by Crippen LogP contribution is -2.19. The number of aromatic nitrogens is 2. The maximum atomic E-state index is 12.2. The van der Waals surface area contributed by atoms with Crippen LogP contribution in [0.5, 0.6) is 0 Å². The van der Waals surface area contributed by atoms with E-state index in [4.69, 9.17) is 0 Å². The first-order chi connectivity index (χ1) is 9.00. The third-order valence-corrected chi connectivity index (χ3v) is 3.17. The smallest absolute Gasteiger partial charge is 0.186 e. The van der Waals surface area contributed by atoms with Gasteiger partial charge in [0, 0.05) is 17.8 Å². The van der Waals surface area contributed by atoms with Crippen LogP contribution in [0.3, 0.4) is 0 Å². The van der Waals surface area contributed by atoms with Gasteiger partial charge in [0.15, 0.2) is 5.78 Å². The molecule has 0 saturated heterocycles. The molecule has 19 heavy (non-hydrogen) atoms. The molecule has 0 saturated carbocycles. The Hall–Kier alpha value is -1.68. The van der Waals surface area contributed by atoms with Crippen LogP contribution in [0, 0.1) is 5.92 Å². The van der Waals surface area contributed by atoms with Crippen LogP contribution in [-0.2, 0) is 6.54 Å². The molecule has 1 aromatic heterocycles. The molecular weight excluding hydrogens is 238 g/mol. The molecule has 0 aliphatic rings. The monoisotopic (exact) mass is 259 g/mol. The molecule has 0 atom stereocenters. The molecule has 0 bridgehead atoms. The first-order valence-corrected chi connectivity index (χ1v) is 6.65. The fourth-order valence-corrected chi connectivity index (χ4v) is 2.05. The molecule has 102 valence electrons. The van der Waals surface area contributed by atoms with Crippen LogP contribution in [-0.4, -0.2) is 41.1 Å². The molecule has 0 aliphatic heterocycles. The first kappa shape index (κ1) is 13.7. The van der Waals surface area contributed by atoms with E-state index in [-0.39, 0.29) is 11.7 Å². The van der Waals surface area contributed by atoms with Gasteiger partial charge in [0.25, 0.3) is 0 Å². The van der Waals surface area contributed by atoms with E-state index in [9.17, 15) is 4.79 Å². The van der Waals surface area contributed by atoms with Crippen molar-refractivity contribution >= 4 is 16.7 Å². The Kier molecular flexibility index (Phi) is 4.00. The summed E-state index contributed by atoms with van der Waals surface area (Å²) in [6, 6.07) is 7.94. The molecule has 4 nitrogen and oxygen atoms in total. The average molecular weight is 259 g/mol. The third kappa shape index (κ3) is 2.84. The summed E-state index contributed by atoms with van der Waals surface area (Å²) in [6.07, 6.45) is 0. The van der Waals surface area contributed by atoms with E-state index in [1.54, 1.807) is 0 Å². The molecular formula is C15H21N3O. The fourth-order valence-electron chi connectivity index (χ4n) is 2.05. The van der Waals surface area contributed by atoms with Crippen molar-refractivity contribution in [2.45, 2.75) is 20.4 Å². The summed E-state index contributed by atoms with van der Waals surface area (Å²) in [4.78, 5) is 14.3. The lowest BCUT2D eigenvalue weighted by molar-refractivity contribution is 0.0935. The molecule has 0 unspecified atom stereocenters. The van der Waals surface area contributed by atoms with Gasteiger partial charge < -0.3 is 4.90 Å². The summed E-state index contributed by atoms with van der Waals surface area (Å²) in [5.74, 6) is 0.0837. The minimum Gasteiger partial charge on any atom is -0.308 e. The third-order valence-electron chi connectivity index (χ3n) is 3.17. The lowest BCUT2D eigenvalue weighted by atomic mass is 10.0. The predicted molar refractivity (Wildman–Crippen MR) is 77.5 cm³/mol. The highest BCUT2D eigenvalue weighted by Crippen LogP contribution is 2.21. The number of nitrogens with zero attached hydrogens (tertiary/aromatic N) is 3. The summed E-state index contributed by atoms with van der Waals surface area (Å²) in [7, 11) is 4.07. The number of benzene rings is 1. The van der Waals surface area contributed by atoms with Gasteiger partial charge in [0.2, 0.25) is 0 Å². The van der Waals surface area contributed by atoms with Gasteiger partial charge in [-0.1, -0.05) is 32.0 Å². The zero-order valence-electron chi connectivity index (χ0n) is 12.1. The number of para-hydroxylation sites is 1. The van der Waals surface area contributed by atoms with E-state index in [2.05, 4.69) is 10.00 Å². The second-order valence-electron chi connectivity index (χ2n) is 5.41. The van der Waals surface area contributed by atoms with Gasteiger partial charge in [-0.3, -0.25) is 9.48 Å². The molecule has 0 amide bonds. The molecule has 0 N–H and O–H groups in total. The van der Waals surface area contributed by atoms with Crippen LogP contribution in [0.15, 0.2) is 24.3 Å². The number of ketones is 1. The van der Waals surface area contributed by atoms with Crippen LogP contribution < -0.4 is 0 Å². The summed E-state index contributed by atoms with van der Waals surface area (Å²) in [6.45, 7) is 5.52. The highest BCUT2D eigenvalue weighted by Gasteiger charge is 2.19. The fraction of sp³-hybridized carbons (Fsp3) is 0.467. The number of hydrogen-bond acceptors (Lipinski definition) is 3. The van der Waals surface area contributed by atoms with E-state index in [0.29, 0.717) is 5.69 Å². The van der Waals surface area contributed by atoms with Crippen molar-refractivity contribution in [1.82, 2.24) is 14.7 Å². The van der Waals surface area contributed by atoms with Crippen LogP contribution in [0.1, 0.15) is 24.3 Å². The van der Waals surface area contributed by atoms with E-state index >= 15 is 0 Å². The summed E-state index contributed by atoms with van der Waals surface area (Å²) < 4.78 is 1.94. The Bertz CT molecular complexity index is 584. The maximum absolute atomic E-state index is 12.2. The predicted octanol–water partition coefficient (Wildman–Crippen LogP) is 2.44. The van der Waals surface area contributed by atoms with Gasteiger partial charge >= 0.3 is 0 Å². The quantitative estimate of drug-likeness (QED) is 0.774. The minimum absolute atomic E-state index is 0.0272. The normalized spacial score (nSPS) is 11.7. The Labute approximate surface area is 114 Å². The van der Waals surface area contributed by atoms with Gasteiger partial charge in [-0.15, -0.1) is 0 Å². The van der Waals surface area contributed by atoms with Crippen molar-refractivity contribution in [3.05, 3.63) is 30.0 Å².